The zero-order valence-electron chi connectivity index (χ0n) is 22.0. The fourth-order valence-electron chi connectivity index (χ4n) is 3.75. The van der Waals surface area contributed by atoms with Gasteiger partial charge < -0.3 is 19.7 Å². The first kappa shape index (κ1) is 28.5. The molecule has 10 heteroatoms. The number of nitrogens with one attached hydrogen (secondary N) is 1. The van der Waals surface area contributed by atoms with E-state index < -0.39 is 28.5 Å². The molecule has 0 aromatic heterocycles. The Bertz CT molecular complexity index is 1310. The van der Waals surface area contributed by atoms with E-state index >= 15 is 0 Å². The number of amides is 2. The molecule has 0 aliphatic rings. The third kappa shape index (κ3) is 7.72. The number of hydrogen-bond acceptors (Lipinski definition) is 6. The number of sulfonamides is 1. The third-order valence-corrected chi connectivity index (χ3v) is 6.95. The number of para-hydroxylation sites is 1. The van der Waals surface area contributed by atoms with Gasteiger partial charge in [0.15, 0.2) is 0 Å². The zero-order chi connectivity index (χ0) is 27.7. The highest BCUT2D eigenvalue weighted by Gasteiger charge is 2.30. The van der Waals surface area contributed by atoms with Crippen molar-refractivity contribution in [1.82, 2.24) is 10.2 Å². The van der Waals surface area contributed by atoms with Crippen molar-refractivity contribution in [3.05, 3.63) is 84.4 Å². The second-order valence-electron chi connectivity index (χ2n) is 8.62. The first-order chi connectivity index (χ1) is 18.1. The Morgan fingerprint density at radius 1 is 0.895 bits per heavy atom. The van der Waals surface area contributed by atoms with Gasteiger partial charge in [-0.25, -0.2) is 8.42 Å². The van der Waals surface area contributed by atoms with E-state index in [2.05, 4.69) is 5.32 Å². The molecule has 0 radical (unpaired) electrons. The van der Waals surface area contributed by atoms with Gasteiger partial charge in [-0.3, -0.25) is 13.9 Å². The Balaban J connectivity index is 1.85. The van der Waals surface area contributed by atoms with Gasteiger partial charge in [-0.1, -0.05) is 30.3 Å². The van der Waals surface area contributed by atoms with Gasteiger partial charge >= 0.3 is 0 Å². The number of rotatable bonds is 12. The summed E-state index contributed by atoms with van der Waals surface area (Å²) < 4.78 is 37.5. The van der Waals surface area contributed by atoms with Gasteiger partial charge in [-0.2, -0.15) is 0 Å². The number of carbonyl (C=O) groups excluding carboxylic acids is 2. The van der Waals surface area contributed by atoms with E-state index in [1.54, 1.807) is 69.5 Å². The van der Waals surface area contributed by atoms with Gasteiger partial charge in [0.1, 0.15) is 29.8 Å². The van der Waals surface area contributed by atoms with Crippen molar-refractivity contribution in [3.63, 3.8) is 0 Å². The minimum Gasteiger partial charge on any atom is -0.497 e. The van der Waals surface area contributed by atoms with Gasteiger partial charge in [-0.15, -0.1) is 0 Å². The van der Waals surface area contributed by atoms with E-state index in [0.29, 0.717) is 29.5 Å². The summed E-state index contributed by atoms with van der Waals surface area (Å²) in [7, 11) is -2.27. The summed E-state index contributed by atoms with van der Waals surface area (Å²) >= 11 is 0. The molecular formula is C28H33N3O6S. The maximum absolute atomic E-state index is 13.5. The summed E-state index contributed by atoms with van der Waals surface area (Å²) in [6, 6.07) is 21.9. The number of methoxy groups -OCH3 is 1. The number of anilines is 1. The Morgan fingerprint density at radius 2 is 1.47 bits per heavy atom. The lowest BCUT2D eigenvalue weighted by molar-refractivity contribution is -0.139. The second kappa shape index (κ2) is 13.0. The summed E-state index contributed by atoms with van der Waals surface area (Å²) in [6.45, 7) is 3.45. The number of nitrogens with zero attached hydrogens (tertiary/aromatic N) is 2. The van der Waals surface area contributed by atoms with Gasteiger partial charge in [-0.05, 0) is 67.9 Å². The molecule has 0 heterocycles. The molecule has 38 heavy (non-hydrogen) atoms. The van der Waals surface area contributed by atoms with Crippen LogP contribution in [0.3, 0.4) is 0 Å². The number of ether oxygens (including phenoxy) is 2. The molecule has 0 spiro atoms. The molecule has 0 bridgehead atoms. The fourth-order valence-corrected chi connectivity index (χ4v) is 4.60. The zero-order valence-corrected chi connectivity index (χ0v) is 22.8. The monoisotopic (exact) mass is 539 g/mol. The maximum Gasteiger partial charge on any atom is 0.244 e. The molecule has 0 fully saturated rings. The van der Waals surface area contributed by atoms with Crippen LogP contribution in [0.1, 0.15) is 19.4 Å². The molecule has 1 atom stereocenters. The van der Waals surface area contributed by atoms with Crippen LogP contribution in [-0.2, 0) is 26.2 Å². The predicted octanol–water partition coefficient (Wildman–Crippen LogP) is 3.81. The van der Waals surface area contributed by atoms with Gasteiger partial charge in [0.25, 0.3) is 0 Å². The Kier molecular flexibility index (Phi) is 9.72. The third-order valence-electron chi connectivity index (χ3n) is 5.81. The van der Waals surface area contributed by atoms with Crippen LogP contribution in [0.5, 0.6) is 17.2 Å². The first-order valence-corrected chi connectivity index (χ1v) is 14.0. The molecule has 0 aliphatic carbocycles. The number of likely N-dealkylation sites (N-methyl/N-ethyl adjacent to an activating group) is 1. The van der Waals surface area contributed by atoms with Gasteiger partial charge in [0.05, 0.1) is 19.1 Å². The molecule has 0 aliphatic heterocycles. The average molecular weight is 540 g/mol. The normalized spacial score (nSPS) is 11.8. The van der Waals surface area contributed by atoms with Crippen LogP contribution in [-0.4, -0.2) is 57.6 Å². The highest BCUT2D eigenvalue weighted by atomic mass is 32.2. The molecule has 1 N–H and O–H groups in total. The fraction of sp³-hybridized carbons (Fsp3) is 0.286. The summed E-state index contributed by atoms with van der Waals surface area (Å²) in [5, 5.41) is 2.73. The van der Waals surface area contributed by atoms with Gasteiger partial charge in [0.2, 0.25) is 21.8 Å². The molecule has 202 valence electrons. The lowest BCUT2D eigenvalue weighted by Gasteiger charge is -2.31. The first-order valence-electron chi connectivity index (χ1n) is 12.1. The highest BCUT2D eigenvalue weighted by molar-refractivity contribution is 7.92. The maximum atomic E-state index is 13.5. The quantitative estimate of drug-likeness (QED) is 0.375. The van der Waals surface area contributed by atoms with Crippen molar-refractivity contribution in [1.29, 1.82) is 0 Å². The SMILES string of the molecule is CCNC(=O)[C@H](C)N(Cc1ccc(OC)cc1)C(=O)CN(c1ccc(Oc2ccccc2)cc1)S(C)(=O)=O. The smallest absolute Gasteiger partial charge is 0.244 e. The Labute approximate surface area is 224 Å². The summed E-state index contributed by atoms with van der Waals surface area (Å²) in [5.74, 6) is 0.971. The van der Waals surface area contributed by atoms with Crippen LogP contribution >= 0.6 is 0 Å². The lowest BCUT2D eigenvalue weighted by Crippen LogP contribution is -2.51. The summed E-state index contributed by atoms with van der Waals surface area (Å²) in [6.07, 6.45) is 1.04. The van der Waals surface area contributed by atoms with Crippen LogP contribution < -0.4 is 19.1 Å². The molecular weight excluding hydrogens is 506 g/mol. The van der Waals surface area contributed by atoms with E-state index in [9.17, 15) is 18.0 Å². The molecule has 3 aromatic carbocycles. The largest absolute Gasteiger partial charge is 0.497 e. The van der Waals surface area contributed by atoms with Crippen LogP contribution in [0, 0.1) is 0 Å². The molecule has 0 saturated heterocycles. The summed E-state index contributed by atoms with van der Waals surface area (Å²) in [4.78, 5) is 27.6. The molecule has 0 saturated carbocycles. The van der Waals surface area contributed by atoms with Crippen molar-refractivity contribution in [3.8, 4) is 17.2 Å². The van der Waals surface area contributed by atoms with E-state index in [1.165, 1.54) is 4.90 Å². The molecule has 0 unspecified atom stereocenters. The van der Waals surface area contributed by atoms with Crippen molar-refractivity contribution in [2.45, 2.75) is 26.4 Å². The Hall–Kier alpha value is -4.05. The van der Waals surface area contributed by atoms with Gasteiger partial charge in [0, 0.05) is 13.1 Å². The van der Waals surface area contributed by atoms with E-state index in [-0.39, 0.29) is 12.5 Å². The van der Waals surface area contributed by atoms with Crippen LogP contribution in [0.4, 0.5) is 5.69 Å². The minimum absolute atomic E-state index is 0.114. The second-order valence-corrected chi connectivity index (χ2v) is 10.5. The number of hydrogen-bond donors (Lipinski definition) is 1. The number of benzene rings is 3. The standard InChI is InChI=1S/C28H33N3O6S/c1-5-29-28(33)21(2)30(19-22-11-15-24(36-3)16-12-22)27(32)20-31(38(4,34)35)23-13-17-26(18-14-23)37-25-9-7-6-8-10-25/h6-18,21H,5,19-20H2,1-4H3,(H,29,33)/t21-/m0/s1. The van der Waals surface area contributed by atoms with Crippen molar-refractivity contribution < 1.29 is 27.5 Å². The molecule has 3 rings (SSSR count). The van der Waals surface area contributed by atoms with E-state index in [0.717, 1.165) is 16.1 Å². The summed E-state index contributed by atoms with van der Waals surface area (Å²) in [5.41, 5.74) is 1.07. The minimum atomic E-state index is -3.83. The lowest BCUT2D eigenvalue weighted by atomic mass is 10.1. The van der Waals surface area contributed by atoms with Crippen LogP contribution in [0.2, 0.25) is 0 Å². The highest BCUT2D eigenvalue weighted by Crippen LogP contribution is 2.26. The molecule has 9 nitrogen and oxygen atoms in total. The molecule has 2 amide bonds. The average Bonchev–Trinajstić information content (AvgIpc) is 2.91. The number of carbonyl (C=O) groups is 2. The van der Waals surface area contributed by atoms with Crippen LogP contribution in [0.15, 0.2) is 78.9 Å². The Morgan fingerprint density at radius 3 is 2.03 bits per heavy atom. The van der Waals surface area contributed by atoms with Crippen molar-refractivity contribution in [2.24, 2.45) is 0 Å². The topological polar surface area (TPSA) is 105 Å². The van der Waals surface area contributed by atoms with Crippen molar-refractivity contribution >= 4 is 27.5 Å². The van der Waals surface area contributed by atoms with Crippen LogP contribution in [0.25, 0.3) is 0 Å². The predicted molar refractivity (Wildman–Crippen MR) is 147 cm³/mol. The van der Waals surface area contributed by atoms with E-state index in [4.69, 9.17) is 9.47 Å². The molecule has 3 aromatic rings. The van der Waals surface area contributed by atoms with E-state index in [1.807, 2.05) is 30.3 Å². The van der Waals surface area contributed by atoms with Crippen molar-refractivity contribution in [2.75, 3.05) is 30.8 Å².